The van der Waals surface area contributed by atoms with Crippen molar-refractivity contribution in [2.24, 2.45) is 0 Å². The zero-order chi connectivity index (χ0) is 16.9. The Morgan fingerprint density at radius 1 is 0.958 bits per heavy atom. The maximum Gasteiger partial charge on any atom is 0.339 e. The second-order valence-electron chi connectivity index (χ2n) is 5.20. The molecule has 124 valence electrons. The average Bonchev–Trinajstić information content (AvgIpc) is 2.58. The van der Waals surface area contributed by atoms with Gasteiger partial charge in [-0.3, -0.25) is 0 Å². The third kappa shape index (κ3) is 3.85. The van der Waals surface area contributed by atoms with Crippen molar-refractivity contribution >= 4 is 11.0 Å². The summed E-state index contributed by atoms with van der Waals surface area (Å²) in [4.78, 5) is 11.3. The van der Waals surface area contributed by atoms with E-state index in [4.69, 9.17) is 13.9 Å². The largest absolute Gasteiger partial charge is 0.507 e. The first-order valence-electron chi connectivity index (χ1n) is 7.37. The van der Waals surface area contributed by atoms with Crippen LogP contribution in [0.3, 0.4) is 0 Å². The number of fused-ring (bicyclic) bond motifs is 1. The highest BCUT2D eigenvalue weighted by Crippen LogP contribution is 2.26. The number of aromatic hydroxyl groups is 1. The standard InChI is InChI=1S/C18H16O6/c19-12(10-22-13-4-2-1-3-5-13)11-23-14-6-7-15-16(20)9-18(21)24-17(15)8-14/h1-9,12,19-20H,10-11H2/t12-/m1/s1. The molecule has 3 rings (SSSR count). The monoisotopic (exact) mass is 328 g/mol. The summed E-state index contributed by atoms with van der Waals surface area (Å²) in [6, 6.07) is 14.9. The van der Waals surface area contributed by atoms with Crippen LogP contribution in [-0.2, 0) is 0 Å². The van der Waals surface area contributed by atoms with Gasteiger partial charge in [0.15, 0.2) is 0 Å². The number of hydrogen-bond donors (Lipinski definition) is 2. The minimum atomic E-state index is -0.822. The maximum absolute atomic E-state index is 11.3. The fourth-order valence-electron chi connectivity index (χ4n) is 2.17. The molecule has 0 radical (unpaired) electrons. The van der Waals surface area contributed by atoms with Crippen molar-refractivity contribution in [3.8, 4) is 17.2 Å². The van der Waals surface area contributed by atoms with Crippen LogP contribution in [0, 0.1) is 0 Å². The van der Waals surface area contributed by atoms with Crippen LogP contribution in [0.4, 0.5) is 0 Å². The van der Waals surface area contributed by atoms with Crippen molar-refractivity contribution in [1.29, 1.82) is 0 Å². The summed E-state index contributed by atoms with van der Waals surface area (Å²) in [5.41, 5.74) is -0.430. The molecular formula is C18H16O6. The van der Waals surface area contributed by atoms with E-state index in [1.807, 2.05) is 18.2 Å². The molecule has 0 bridgehead atoms. The van der Waals surface area contributed by atoms with Crippen molar-refractivity contribution in [3.63, 3.8) is 0 Å². The highest BCUT2D eigenvalue weighted by atomic mass is 16.5. The SMILES string of the molecule is O=c1cc(O)c2ccc(OC[C@H](O)COc3ccccc3)cc2o1. The molecule has 0 amide bonds. The van der Waals surface area contributed by atoms with Gasteiger partial charge in [0, 0.05) is 6.07 Å². The quantitative estimate of drug-likeness (QED) is 0.675. The van der Waals surface area contributed by atoms with E-state index in [0.29, 0.717) is 16.9 Å². The van der Waals surface area contributed by atoms with E-state index < -0.39 is 11.7 Å². The summed E-state index contributed by atoms with van der Waals surface area (Å²) >= 11 is 0. The molecule has 0 unspecified atom stereocenters. The molecule has 1 aromatic heterocycles. The molecule has 1 atom stereocenters. The minimum absolute atomic E-state index is 0.0153. The van der Waals surface area contributed by atoms with E-state index in [-0.39, 0.29) is 24.5 Å². The maximum atomic E-state index is 11.3. The summed E-state index contributed by atoms with van der Waals surface area (Å²) in [7, 11) is 0. The van der Waals surface area contributed by atoms with Crippen molar-refractivity contribution in [2.75, 3.05) is 13.2 Å². The number of hydrogen-bond acceptors (Lipinski definition) is 6. The van der Waals surface area contributed by atoms with E-state index >= 15 is 0 Å². The molecule has 0 spiro atoms. The molecule has 0 saturated carbocycles. The lowest BCUT2D eigenvalue weighted by atomic mass is 10.2. The number of aliphatic hydroxyl groups is 1. The molecule has 0 aliphatic rings. The van der Waals surface area contributed by atoms with Crippen LogP contribution >= 0.6 is 0 Å². The fraction of sp³-hybridized carbons (Fsp3) is 0.167. The predicted octanol–water partition coefficient (Wildman–Crippen LogP) is 2.32. The molecule has 3 aromatic rings. The molecule has 0 saturated heterocycles. The minimum Gasteiger partial charge on any atom is -0.507 e. The predicted molar refractivity (Wildman–Crippen MR) is 87.6 cm³/mol. The highest BCUT2D eigenvalue weighted by molar-refractivity contribution is 5.83. The van der Waals surface area contributed by atoms with Gasteiger partial charge < -0.3 is 24.1 Å². The lowest BCUT2D eigenvalue weighted by Gasteiger charge is -2.13. The lowest BCUT2D eigenvalue weighted by Crippen LogP contribution is -2.25. The third-order valence-electron chi connectivity index (χ3n) is 3.32. The van der Waals surface area contributed by atoms with Gasteiger partial charge in [-0.25, -0.2) is 4.79 Å². The van der Waals surface area contributed by atoms with Gasteiger partial charge in [-0.05, 0) is 24.3 Å². The van der Waals surface area contributed by atoms with Gasteiger partial charge in [0.05, 0.1) is 11.5 Å². The summed E-state index contributed by atoms with van der Waals surface area (Å²) in [6.45, 7) is 0.106. The van der Waals surface area contributed by atoms with Gasteiger partial charge in [0.2, 0.25) is 0 Å². The molecule has 24 heavy (non-hydrogen) atoms. The van der Waals surface area contributed by atoms with E-state index in [1.54, 1.807) is 24.3 Å². The van der Waals surface area contributed by atoms with Crippen LogP contribution < -0.4 is 15.1 Å². The molecule has 6 nitrogen and oxygen atoms in total. The highest BCUT2D eigenvalue weighted by Gasteiger charge is 2.09. The second-order valence-corrected chi connectivity index (χ2v) is 5.20. The van der Waals surface area contributed by atoms with Crippen LogP contribution in [0.1, 0.15) is 0 Å². The first-order valence-corrected chi connectivity index (χ1v) is 7.37. The molecule has 2 aromatic carbocycles. The molecule has 0 fully saturated rings. The molecule has 0 aliphatic carbocycles. The van der Waals surface area contributed by atoms with Gasteiger partial charge >= 0.3 is 5.63 Å². The average molecular weight is 328 g/mol. The van der Waals surface area contributed by atoms with Crippen molar-refractivity contribution in [2.45, 2.75) is 6.10 Å². The van der Waals surface area contributed by atoms with Crippen molar-refractivity contribution < 1.29 is 24.1 Å². The number of para-hydroxylation sites is 1. The summed E-state index contributed by atoms with van der Waals surface area (Å²) in [5, 5.41) is 20.0. The summed E-state index contributed by atoms with van der Waals surface area (Å²) < 4.78 is 15.9. The Morgan fingerprint density at radius 2 is 1.67 bits per heavy atom. The van der Waals surface area contributed by atoms with Crippen molar-refractivity contribution in [1.82, 2.24) is 0 Å². The Hall–Kier alpha value is -2.99. The smallest absolute Gasteiger partial charge is 0.339 e. The molecule has 1 heterocycles. The molecule has 6 heteroatoms. The Balaban J connectivity index is 1.60. The zero-order valence-electron chi connectivity index (χ0n) is 12.7. The van der Waals surface area contributed by atoms with E-state index in [1.165, 1.54) is 6.07 Å². The zero-order valence-corrected chi connectivity index (χ0v) is 12.7. The van der Waals surface area contributed by atoms with E-state index in [2.05, 4.69) is 0 Å². The van der Waals surface area contributed by atoms with Crippen LogP contribution in [0.5, 0.6) is 17.2 Å². The van der Waals surface area contributed by atoms with Gasteiger partial charge in [-0.2, -0.15) is 0 Å². The van der Waals surface area contributed by atoms with E-state index in [0.717, 1.165) is 6.07 Å². The van der Waals surface area contributed by atoms with Gasteiger partial charge in [-0.15, -0.1) is 0 Å². The summed E-state index contributed by atoms with van der Waals surface area (Å²) in [5.74, 6) is 0.929. The number of rotatable bonds is 6. The Morgan fingerprint density at radius 3 is 2.42 bits per heavy atom. The van der Waals surface area contributed by atoms with Gasteiger partial charge in [0.25, 0.3) is 0 Å². The Kier molecular flexibility index (Phi) is 4.67. The third-order valence-corrected chi connectivity index (χ3v) is 3.32. The van der Waals surface area contributed by atoms with Crippen LogP contribution in [0.2, 0.25) is 0 Å². The first kappa shape index (κ1) is 15.9. The van der Waals surface area contributed by atoms with Crippen LogP contribution in [0.25, 0.3) is 11.0 Å². The van der Waals surface area contributed by atoms with Gasteiger partial charge in [0.1, 0.15) is 42.1 Å². The summed E-state index contributed by atoms with van der Waals surface area (Å²) in [6.07, 6.45) is -0.822. The Bertz CT molecular complexity index is 872. The molecule has 2 N–H and O–H groups in total. The second kappa shape index (κ2) is 7.06. The normalized spacial score (nSPS) is 12.0. The van der Waals surface area contributed by atoms with Crippen LogP contribution in [0.15, 0.2) is 63.8 Å². The topological polar surface area (TPSA) is 89.1 Å². The lowest BCUT2D eigenvalue weighted by molar-refractivity contribution is 0.0626. The Labute approximate surface area is 137 Å². The number of benzene rings is 2. The molecule has 0 aliphatic heterocycles. The van der Waals surface area contributed by atoms with Crippen molar-refractivity contribution in [3.05, 3.63) is 65.0 Å². The fourth-order valence-corrected chi connectivity index (χ4v) is 2.17. The van der Waals surface area contributed by atoms with Gasteiger partial charge in [-0.1, -0.05) is 18.2 Å². The molecular weight excluding hydrogens is 312 g/mol. The first-order chi connectivity index (χ1) is 11.6. The van der Waals surface area contributed by atoms with E-state index in [9.17, 15) is 15.0 Å². The number of aliphatic hydroxyl groups excluding tert-OH is 1. The van der Waals surface area contributed by atoms with Crippen LogP contribution in [-0.4, -0.2) is 29.5 Å². The number of ether oxygens (including phenoxy) is 2.